The maximum atomic E-state index is 13.0. The Hall–Kier alpha value is -3.81. The Kier molecular flexibility index (Phi) is 10.00. The molecule has 3 aromatic rings. The number of hydrogen-bond acceptors (Lipinski definition) is 6. The number of anilines is 1. The molecule has 8 nitrogen and oxygen atoms in total. The minimum absolute atomic E-state index is 0.0238. The number of carbonyl (C=O) groups is 2. The minimum Gasteiger partial charge on any atom is -0.496 e. The summed E-state index contributed by atoms with van der Waals surface area (Å²) in [4.78, 5) is 34.8. The summed E-state index contributed by atoms with van der Waals surface area (Å²) in [7, 11) is 1.64. The van der Waals surface area contributed by atoms with E-state index in [0.717, 1.165) is 63.0 Å². The molecule has 0 atom stereocenters. The van der Waals surface area contributed by atoms with Crippen LogP contribution in [-0.2, 0) is 16.0 Å². The van der Waals surface area contributed by atoms with Crippen LogP contribution in [0.4, 0.5) is 5.69 Å². The lowest BCUT2D eigenvalue weighted by Gasteiger charge is -2.33. The van der Waals surface area contributed by atoms with Crippen LogP contribution >= 0.6 is 0 Å². The van der Waals surface area contributed by atoms with Crippen LogP contribution in [0.15, 0.2) is 59.1 Å². The molecule has 8 heteroatoms. The van der Waals surface area contributed by atoms with Crippen molar-refractivity contribution in [2.24, 2.45) is 5.92 Å². The predicted molar refractivity (Wildman–Crippen MR) is 153 cm³/mol. The van der Waals surface area contributed by atoms with E-state index in [1.54, 1.807) is 18.2 Å². The summed E-state index contributed by atoms with van der Waals surface area (Å²) in [5.74, 6) is 2.58. The number of aromatic nitrogens is 1. The van der Waals surface area contributed by atoms with Crippen LogP contribution in [0, 0.1) is 12.8 Å². The van der Waals surface area contributed by atoms with E-state index in [4.69, 9.17) is 9.15 Å². The van der Waals surface area contributed by atoms with Crippen molar-refractivity contribution < 1.29 is 18.7 Å². The fourth-order valence-electron chi connectivity index (χ4n) is 5.23. The van der Waals surface area contributed by atoms with Crippen LogP contribution in [-0.4, -0.2) is 73.5 Å². The highest BCUT2D eigenvalue weighted by molar-refractivity contribution is 5.80. The number of rotatable bonds is 13. The largest absolute Gasteiger partial charge is 0.496 e. The molecule has 4 rings (SSSR count). The van der Waals surface area contributed by atoms with Gasteiger partial charge in [-0.25, -0.2) is 4.98 Å². The van der Waals surface area contributed by atoms with Gasteiger partial charge in [0.2, 0.25) is 12.3 Å². The molecule has 0 saturated carbocycles. The topological polar surface area (TPSA) is 79.1 Å². The van der Waals surface area contributed by atoms with Gasteiger partial charge in [0.1, 0.15) is 5.75 Å². The van der Waals surface area contributed by atoms with Crippen LogP contribution in [0.25, 0.3) is 11.3 Å². The zero-order chi connectivity index (χ0) is 27.6. The summed E-state index contributed by atoms with van der Waals surface area (Å²) in [6.45, 7) is 7.44. The first-order chi connectivity index (χ1) is 19.0. The van der Waals surface area contributed by atoms with Gasteiger partial charge in [0, 0.05) is 51.4 Å². The Labute approximate surface area is 231 Å². The van der Waals surface area contributed by atoms with E-state index in [1.165, 1.54) is 5.56 Å². The van der Waals surface area contributed by atoms with Crippen LogP contribution < -0.4 is 9.64 Å². The molecule has 2 heterocycles. The van der Waals surface area contributed by atoms with E-state index in [-0.39, 0.29) is 12.5 Å². The summed E-state index contributed by atoms with van der Waals surface area (Å²) in [6, 6.07) is 16.5. The molecule has 2 amide bonds. The van der Waals surface area contributed by atoms with Crippen molar-refractivity contribution in [3.8, 4) is 17.1 Å². The number of ether oxygens (including phenoxy) is 1. The number of methoxy groups -OCH3 is 1. The van der Waals surface area contributed by atoms with Gasteiger partial charge in [-0.15, -0.1) is 0 Å². The fraction of sp³-hybridized carbons (Fsp3) is 0.452. The number of piperidine rings is 1. The van der Waals surface area contributed by atoms with Crippen molar-refractivity contribution in [2.45, 2.75) is 39.5 Å². The third-order valence-corrected chi connectivity index (χ3v) is 7.41. The van der Waals surface area contributed by atoms with Crippen LogP contribution in [0.3, 0.4) is 0 Å². The van der Waals surface area contributed by atoms with Gasteiger partial charge in [-0.05, 0) is 49.3 Å². The number of likely N-dealkylation sites (tertiary alicyclic amines) is 1. The lowest BCUT2D eigenvalue weighted by molar-refractivity contribution is -0.136. The van der Waals surface area contributed by atoms with E-state index in [9.17, 15) is 9.59 Å². The number of oxazole rings is 1. The first kappa shape index (κ1) is 28.2. The highest BCUT2D eigenvalue weighted by Gasteiger charge is 2.24. The molecule has 1 fully saturated rings. The van der Waals surface area contributed by atoms with Crippen molar-refractivity contribution in [1.82, 2.24) is 14.8 Å². The normalized spacial score (nSPS) is 13.8. The Balaban J connectivity index is 1.31. The summed E-state index contributed by atoms with van der Waals surface area (Å²) >= 11 is 0. The van der Waals surface area contributed by atoms with Crippen LogP contribution in [0.2, 0.25) is 0 Å². The average Bonchev–Trinajstić information content (AvgIpc) is 3.40. The summed E-state index contributed by atoms with van der Waals surface area (Å²) in [6.07, 6.45) is 6.49. The van der Waals surface area contributed by atoms with Gasteiger partial charge in [-0.1, -0.05) is 37.3 Å². The quantitative estimate of drug-likeness (QED) is 0.294. The summed E-state index contributed by atoms with van der Waals surface area (Å²) < 4.78 is 11.3. The second kappa shape index (κ2) is 13.8. The number of carbonyl (C=O) groups excluding carboxylic acids is 2. The third kappa shape index (κ3) is 7.62. The zero-order valence-electron chi connectivity index (χ0n) is 23.3. The second-order valence-corrected chi connectivity index (χ2v) is 10.2. The fourth-order valence-corrected chi connectivity index (χ4v) is 5.23. The van der Waals surface area contributed by atoms with Gasteiger partial charge in [-0.3, -0.25) is 9.59 Å². The Bertz CT molecular complexity index is 1200. The molecule has 0 spiro atoms. The molecule has 0 bridgehead atoms. The molecule has 1 aliphatic rings. The van der Waals surface area contributed by atoms with Gasteiger partial charge in [0.05, 0.1) is 25.4 Å². The standard InChI is InChI=1S/C31H40N4O4/c1-4-14-34(27-10-11-28(29(20-27)38-3)30-21-32-24(2)39-30)18-17-33(23-36)22-31(37)35-15-12-26(13-16-35)19-25-8-6-5-7-9-25/h5-11,20-21,23,26H,4,12-19,22H2,1-3H3. The SMILES string of the molecule is CCCN(CCN(C=O)CC(=O)N1CCC(Cc2ccccc2)CC1)c1ccc(-c2cnc(C)o2)c(OC)c1. The Morgan fingerprint density at radius 2 is 1.90 bits per heavy atom. The molecule has 0 unspecified atom stereocenters. The number of nitrogens with zero attached hydrogens (tertiary/aromatic N) is 4. The number of hydrogen-bond donors (Lipinski definition) is 0. The van der Waals surface area contributed by atoms with Gasteiger partial charge >= 0.3 is 0 Å². The van der Waals surface area contributed by atoms with Gasteiger partial charge in [0.15, 0.2) is 11.7 Å². The predicted octanol–water partition coefficient (Wildman–Crippen LogP) is 4.81. The highest BCUT2D eigenvalue weighted by Crippen LogP contribution is 2.34. The molecular weight excluding hydrogens is 492 g/mol. The lowest BCUT2D eigenvalue weighted by atomic mass is 9.90. The summed E-state index contributed by atoms with van der Waals surface area (Å²) in [5, 5.41) is 0. The highest BCUT2D eigenvalue weighted by atomic mass is 16.5. The van der Waals surface area contributed by atoms with Crippen molar-refractivity contribution >= 4 is 18.0 Å². The van der Waals surface area contributed by atoms with E-state index in [0.29, 0.717) is 36.4 Å². The van der Waals surface area contributed by atoms with Gasteiger partial charge in [0.25, 0.3) is 0 Å². The molecule has 0 N–H and O–H groups in total. The van der Waals surface area contributed by atoms with Gasteiger partial charge in [-0.2, -0.15) is 0 Å². The lowest BCUT2D eigenvalue weighted by Crippen LogP contribution is -2.45. The van der Waals surface area contributed by atoms with E-state index in [2.05, 4.69) is 41.1 Å². The van der Waals surface area contributed by atoms with Gasteiger partial charge < -0.3 is 23.9 Å². The minimum atomic E-state index is 0.0238. The van der Waals surface area contributed by atoms with Crippen molar-refractivity contribution in [1.29, 1.82) is 0 Å². The average molecular weight is 533 g/mol. The van der Waals surface area contributed by atoms with Crippen LogP contribution in [0.1, 0.15) is 37.6 Å². The Morgan fingerprint density at radius 1 is 1.13 bits per heavy atom. The van der Waals surface area contributed by atoms with Crippen molar-refractivity contribution in [3.05, 3.63) is 66.2 Å². The van der Waals surface area contributed by atoms with E-state index >= 15 is 0 Å². The Morgan fingerprint density at radius 3 is 2.54 bits per heavy atom. The molecule has 2 aromatic carbocycles. The van der Waals surface area contributed by atoms with Crippen LogP contribution in [0.5, 0.6) is 5.75 Å². The molecule has 1 aromatic heterocycles. The second-order valence-electron chi connectivity index (χ2n) is 10.2. The van der Waals surface area contributed by atoms with E-state index in [1.807, 2.05) is 36.1 Å². The number of aryl methyl sites for hydroxylation is 1. The van der Waals surface area contributed by atoms with Crippen molar-refractivity contribution in [2.75, 3.05) is 51.3 Å². The maximum Gasteiger partial charge on any atom is 0.242 e. The first-order valence-corrected chi connectivity index (χ1v) is 13.9. The summed E-state index contributed by atoms with van der Waals surface area (Å²) in [5.41, 5.74) is 3.18. The number of benzene rings is 2. The number of amides is 2. The molecular formula is C31H40N4O4. The first-order valence-electron chi connectivity index (χ1n) is 13.9. The van der Waals surface area contributed by atoms with Crippen molar-refractivity contribution in [3.63, 3.8) is 0 Å². The monoisotopic (exact) mass is 532 g/mol. The van der Waals surface area contributed by atoms with E-state index < -0.39 is 0 Å². The molecule has 208 valence electrons. The molecule has 0 radical (unpaired) electrons. The molecule has 39 heavy (non-hydrogen) atoms. The molecule has 0 aliphatic carbocycles. The molecule has 1 saturated heterocycles. The smallest absolute Gasteiger partial charge is 0.242 e. The molecule has 1 aliphatic heterocycles. The zero-order valence-corrected chi connectivity index (χ0v) is 23.3. The maximum absolute atomic E-state index is 13.0. The third-order valence-electron chi connectivity index (χ3n) is 7.41.